The lowest BCUT2D eigenvalue weighted by Gasteiger charge is -2.15. The number of aromatic nitrogens is 2. The van der Waals surface area contributed by atoms with E-state index in [0.29, 0.717) is 11.3 Å². The molecule has 1 N–H and O–H groups in total. The minimum Gasteiger partial charge on any atom is -0.352 e. The first-order valence-electron chi connectivity index (χ1n) is 9.45. The van der Waals surface area contributed by atoms with E-state index in [2.05, 4.69) is 15.0 Å². The SMILES string of the molecule is Cc1cn([C@H]2C[C@H](N=[N+]=[N-])[C@@H](CO[P+](=O)OCCSC(=O)C(C)(C)C)O2)c(=O)[nH]c1=O. The zero-order valence-electron chi connectivity index (χ0n) is 17.6. The highest BCUT2D eigenvalue weighted by Crippen LogP contribution is 2.33. The summed E-state index contributed by atoms with van der Waals surface area (Å²) < 4.78 is 29.2. The number of nitrogens with one attached hydrogen (secondary N) is 1. The van der Waals surface area contributed by atoms with E-state index in [1.54, 1.807) is 6.92 Å². The van der Waals surface area contributed by atoms with E-state index in [1.165, 1.54) is 10.8 Å². The predicted molar refractivity (Wildman–Crippen MR) is 114 cm³/mol. The van der Waals surface area contributed by atoms with Crippen LogP contribution in [-0.4, -0.2) is 45.8 Å². The van der Waals surface area contributed by atoms with Crippen LogP contribution < -0.4 is 11.2 Å². The normalized spacial score (nSPS) is 21.5. The van der Waals surface area contributed by atoms with Gasteiger partial charge in [0.15, 0.2) is 5.12 Å². The highest BCUT2D eigenvalue weighted by atomic mass is 32.2. The zero-order valence-corrected chi connectivity index (χ0v) is 19.4. The Morgan fingerprint density at radius 2 is 2.16 bits per heavy atom. The molecule has 31 heavy (non-hydrogen) atoms. The van der Waals surface area contributed by atoms with Gasteiger partial charge in [0.05, 0.1) is 12.1 Å². The molecule has 14 heteroatoms. The smallest absolute Gasteiger partial charge is 0.352 e. The Labute approximate surface area is 183 Å². The maximum atomic E-state index is 12.1. The van der Waals surface area contributed by atoms with E-state index in [4.69, 9.17) is 19.3 Å². The molecule has 0 spiro atoms. The number of thioether (sulfide) groups is 1. The molecule has 1 aromatic heterocycles. The molecule has 4 atom stereocenters. The first kappa shape index (κ1) is 25.3. The van der Waals surface area contributed by atoms with Gasteiger partial charge in [-0.2, -0.15) is 0 Å². The molecule has 170 valence electrons. The molecule has 2 heterocycles. The summed E-state index contributed by atoms with van der Waals surface area (Å²) >= 11 is 1.09. The quantitative estimate of drug-likeness (QED) is 0.187. The number of H-pyrrole nitrogens is 1. The molecule has 12 nitrogen and oxygen atoms in total. The van der Waals surface area contributed by atoms with Gasteiger partial charge >= 0.3 is 13.9 Å². The molecular weight excluding hydrogens is 449 g/mol. The van der Waals surface area contributed by atoms with Crippen LogP contribution >= 0.6 is 20.0 Å². The molecule has 0 aromatic carbocycles. The number of hydrogen-bond acceptors (Lipinski definition) is 9. The molecule has 1 aliphatic rings. The van der Waals surface area contributed by atoms with Crippen molar-refractivity contribution in [2.75, 3.05) is 19.0 Å². The van der Waals surface area contributed by atoms with Crippen molar-refractivity contribution in [3.8, 4) is 0 Å². The summed E-state index contributed by atoms with van der Waals surface area (Å²) in [6.07, 6.45) is -0.0140. The molecule has 0 saturated carbocycles. The van der Waals surface area contributed by atoms with E-state index in [-0.39, 0.29) is 24.7 Å². The number of rotatable bonds is 9. The third-order valence-corrected chi connectivity index (χ3v) is 6.33. The Morgan fingerprint density at radius 1 is 1.45 bits per heavy atom. The largest absolute Gasteiger partial charge is 0.697 e. The van der Waals surface area contributed by atoms with E-state index in [0.717, 1.165) is 11.8 Å². The minimum absolute atomic E-state index is 0.00239. The molecule has 1 fully saturated rings. The summed E-state index contributed by atoms with van der Waals surface area (Å²) in [6.45, 7) is 6.84. The van der Waals surface area contributed by atoms with Crippen LogP contribution in [0.4, 0.5) is 0 Å². The van der Waals surface area contributed by atoms with Gasteiger partial charge in [-0.05, 0) is 12.5 Å². The highest BCUT2D eigenvalue weighted by Gasteiger charge is 2.39. The van der Waals surface area contributed by atoms with Gasteiger partial charge in [-0.1, -0.05) is 37.6 Å². The van der Waals surface area contributed by atoms with Crippen LogP contribution in [0.2, 0.25) is 0 Å². The zero-order chi connectivity index (χ0) is 23.2. The van der Waals surface area contributed by atoms with Gasteiger partial charge in [0, 0.05) is 38.8 Å². The maximum Gasteiger partial charge on any atom is 0.697 e. The molecular formula is C17H25N5O7PS+. The van der Waals surface area contributed by atoms with Crippen LogP contribution in [0.25, 0.3) is 10.4 Å². The van der Waals surface area contributed by atoms with E-state index in [9.17, 15) is 18.9 Å². The standard InChI is InChI=1S/C17H24N5O7PS/c1-10-8-22(16(25)19-14(10)23)13-7-11(20-21-18)12(29-13)9-28-30(26)27-5-6-31-15(24)17(2,3)4/h8,11-13H,5-7,9H2,1-4H3/p+1/t11-,12+,13+/m0/s1. The van der Waals surface area contributed by atoms with E-state index >= 15 is 0 Å². The summed E-state index contributed by atoms with van der Waals surface area (Å²) in [5.41, 5.74) is 7.49. The molecule has 0 amide bonds. The van der Waals surface area contributed by atoms with Crippen LogP contribution in [0.1, 0.15) is 39.0 Å². The van der Waals surface area contributed by atoms with Crippen LogP contribution in [0.5, 0.6) is 0 Å². The average Bonchev–Trinajstić information content (AvgIpc) is 3.08. The molecule has 0 radical (unpaired) electrons. The number of carbonyl (C=O) groups is 1. The van der Waals surface area contributed by atoms with E-state index < -0.39 is 43.3 Å². The first-order valence-corrected chi connectivity index (χ1v) is 11.5. The summed E-state index contributed by atoms with van der Waals surface area (Å²) in [7, 11) is -2.47. The molecule has 1 aromatic rings. The van der Waals surface area contributed by atoms with Gasteiger partial charge in [0.1, 0.15) is 19.4 Å². The van der Waals surface area contributed by atoms with Crippen molar-refractivity contribution in [2.45, 2.75) is 52.5 Å². The van der Waals surface area contributed by atoms with Crippen LogP contribution in [-0.2, 0) is 23.1 Å². The minimum atomic E-state index is -2.47. The molecule has 0 bridgehead atoms. The highest BCUT2D eigenvalue weighted by molar-refractivity contribution is 8.13. The second-order valence-electron chi connectivity index (χ2n) is 7.85. The van der Waals surface area contributed by atoms with Gasteiger partial charge in [0.2, 0.25) is 0 Å². The first-order chi connectivity index (χ1) is 14.5. The average molecular weight is 474 g/mol. The monoisotopic (exact) mass is 474 g/mol. The van der Waals surface area contributed by atoms with Crippen molar-refractivity contribution in [3.63, 3.8) is 0 Å². The van der Waals surface area contributed by atoms with Crippen LogP contribution in [0.3, 0.4) is 0 Å². The van der Waals surface area contributed by atoms with Gasteiger partial charge < -0.3 is 4.74 Å². The number of aryl methyl sites for hydroxylation is 1. The third-order valence-electron chi connectivity index (χ3n) is 4.33. The molecule has 0 aliphatic carbocycles. The Bertz CT molecular complexity index is 982. The van der Waals surface area contributed by atoms with Crippen molar-refractivity contribution >= 4 is 25.1 Å². The van der Waals surface area contributed by atoms with Gasteiger partial charge in [-0.25, -0.2) is 4.79 Å². The van der Waals surface area contributed by atoms with Gasteiger partial charge in [-0.15, -0.1) is 9.05 Å². The Morgan fingerprint density at radius 3 is 2.81 bits per heavy atom. The number of azide groups is 1. The third kappa shape index (κ3) is 7.27. The van der Waals surface area contributed by atoms with Crippen molar-refractivity contribution in [1.29, 1.82) is 0 Å². The fourth-order valence-corrected chi connectivity index (χ4v) is 4.15. The molecule has 1 aliphatic heterocycles. The van der Waals surface area contributed by atoms with Crippen molar-refractivity contribution in [3.05, 3.63) is 43.0 Å². The topological polar surface area (TPSA) is 165 Å². The lowest BCUT2D eigenvalue weighted by atomic mass is 10.00. The fourth-order valence-electron chi connectivity index (χ4n) is 2.66. The summed E-state index contributed by atoms with van der Waals surface area (Å²) in [5, 5.41) is 3.66. The maximum absolute atomic E-state index is 12.1. The van der Waals surface area contributed by atoms with Crippen LogP contribution in [0, 0.1) is 12.3 Å². The number of nitrogens with zero attached hydrogens (tertiary/aromatic N) is 4. The Balaban J connectivity index is 1.89. The molecule has 1 unspecified atom stereocenters. The Kier molecular flexibility index (Phi) is 8.99. The summed E-state index contributed by atoms with van der Waals surface area (Å²) in [5.74, 6) is 0.332. The fraction of sp³-hybridized carbons (Fsp3) is 0.706. The van der Waals surface area contributed by atoms with Crippen LogP contribution in [0.15, 0.2) is 20.9 Å². The number of ether oxygens (including phenoxy) is 1. The number of hydrogen-bond donors (Lipinski definition) is 1. The lowest BCUT2D eigenvalue weighted by Crippen LogP contribution is -2.33. The molecule has 2 rings (SSSR count). The van der Waals surface area contributed by atoms with Gasteiger partial charge in [0.25, 0.3) is 5.56 Å². The van der Waals surface area contributed by atoms with Crippen molar-refractivity contribution < 1.29 is 23.1 Å². The number of carbonyl (C=O) groups excluding carboxylic acids is 1. The summed E-state index contributed by atoms with van der Waals surface area (Å²) in [4.78, 5) is 40.4. The second-order valence-corrected chi connectivity index (χ2v) is 9.89. The van der Waals surface area contributed by atoms with Crippen molar-refractivity contribution in [1.82, 2.24) is 9.55 Å². The Hall–Kier alpha value is -2.01. The van der Waals surface area contributed by atoms with Crippen molar-refractivity contribution in [2.24, 2.45) is 10.5 Å². The predicted octanol–water partition coefficient (Wildman–Crippen LogP) is 2.81. The van der Waals surface area contributed by atoms with Gasteiger partial charge in [-0.3, -0.25) is 19.1 Å². The second kappa shape index (κ2) is 11.0. The summed E-state index contributed by atoms with van der Waals surface area (Å²) in [6, 6.07) is -0.669. The molecule has 1 saturated heterocycles. The van der Waals surface area contributed by atoms with E-state index in [1.807, 2.05) is 20.8 Å². The lowest BCUT2D eigenvalue weighted by molar-refractivity contribution is -0.117. The number of aromatic amines is 1.